The van der Waals surface area contributed by atoms with Crippen LogP contribution in [0.1, 0.15) is 57.4 Å². The monoisotopic (exact) mass is 455 g/mol. The van der Waals surface area contributed by atoms with Crippen LogP contribution in [-0.2, 0) is 16.1 Å². The summed E-state index contributed by atoms with van der Waals surface area (Å²) in [4.78, 5) is 12.1. The number of unbranched alkanes of at least 4 members (excludes halogenated alkanes) is 5. The van der Waals surface area contributed by atoms with Gasteiger partial charge in [-0.25, -0.2) is 0 Å². The standard InChI is InChI=1S/C23H37NO8/c1-3-4-5-6-7-8-9-19(26)24-13-15-10-11-16(17(12-15)30-2)31-23-22(29)21(28)20(27)18(14-25)32-23/h10-12,18,20-23,25,27-29H,3-9,13-14H2,1-2H3,(H,24,26)/t18-,20+,21+,22-,23?/m1/s1. The van der Waals surface area contributed by atoms with Gasteiger partial charge in [0.15, 0.2) is 11.5 Å². The van der Waals surface area contributed by atoms with Crippen LogP contribution in [0, 0.1) is 0 Å². The molecule has 0 radical (unpaired) electrons. The number of carbonyl (C=O) groups is 1. The van der Waals surface area contributed by atoms with Gasteiger partial charge in [-0.15, -0.1) is 0 Å². The zero-order chi connectivity index (χ0) is 23.5. The first-order valence-corrected chi connectivity index (χ1v) is 11.3. The number of nitrogens with one attached hydrogen (secondary N) is 1. The molecule has 9 heteroatoms. The van der Waals surface area contributed by atoms with Gasteiger partial charge in [0.25, 0.3) is 0 Å². The summed E-state index contributed by atoms with van der Waals surface area (Å²) in [6, 6.07) is 5.05. The normalized spacial score (nSPS) is 25.4. The highest BCUT2D eigenvalue weighted by Gasteiger charge is 2.44. The predicted octanol–water partition coefficient (Wildman–Crippen LogP) is 1.24. The van der Waals surface area contributed by atoms with Gasteiger partial charge < -0.3 is 40.0 Å². The Kier molecular flexibility index (Phi) is 11.2. The zero-order valence-electron chi connectivity index (χ0n) is 18.9. The van der Waals surface area contributed by atoms with Crippen molar-refractivity contribution in [2.24, 2.45) is 0 Å². The van der Waals surface area contributed by atoms with Crippen LogP contribution in [0.25, 0.3) is 0 Å². The highest BCUT2D eigenvalue weighted by molar-refractivity contribution is 5.75. The quantitative estimate of drug-likeness (QED) is 0.280. The van der Waals surface area contributed by atoms with E-state index >= 15 is 0 Å². The molecule has 0 spiro atoms. The Morgan fingerprint density at radius 1 is 1.03 bits per heavy atom. The van der Waals surface area contributed by atoms with Crippen LogP contribution in [0.5, 0.6) is 11.5 Å². The summed E-state index contributed by atoms with van der Waals surface area (Å²) in [7, 11) is 1.45. The number of ether oxygens (including phenoxy) is 3. The van der Waals surface area contributed by atoms with Gasteiger partial charge in [0, 0.05) is 13.0 Å². The van der Waals surface area contributed by atoms with Gasteiger partial charge in [0.05, 0.1) is 13.7 Å². The van der Waals surface area contributed by atoms with Crippen molar-refractivity contribution in [3.63, 3.8) is 0 Å². The second-order valence-corrected chi connectivity index (χ2v) is 8.09. The Hall–Kier alpha value is -1.91. The topological polar surface area (TPSA) is 138 Å². The van der Waals surface area contributed by atoms with Crippen molar-refractivity contribution >= 4 is 5.91 Å². The molecule has 0 aliphatic carbocycles. The first-order valence-electron chi connectivity index (χ1n) is 11.3. The molecule has 0 aromatic heterocycles. The molecule has 0 saturated carbocycles. The molecule has 1 heterocycles. The van der Waals surface area contributed by atoms with Gasteiger partial charge in [-0.1, -0.05) is 45.1 Å². The molecule has 1 unspecified atom stereocenters. The SMILES string of the molecule is CCCCCCCCC(=O)NCc1ccc(OC2O[C@H](CO)[C@H](O)[C@H](O)[C@H]2O)c(OC)c1. The van der Waals surface area contributed by atoms with Crippen molar-refractivity contribution in [1.29, 1.82) is 0 Å². The molecule has 182 valence electrons. The third-order valence-electron chi connectivity index (χ3n) is 5.57. The third kappa shape index (κ3) is 7.60. The van der Waals surface area contributed by atoms with E-state index in [0.29, 0.717) is 18.7 Å². The third-order valence-corrected chi connectivity index (χ3v) is 5.57. The lowest BCUT2D eigenvalue weighted by atomic mass is 9.99. The van der Waals surface area contributed by atoms with Gasteiger partial charge >= 0.3 is 0 Å². The summed E-state index contributed by atoms with van der Waals surface area (Å²) in [5.41, 5.74) is 0.805. The number of aliphatic hydroxyl groups excluding tert-OH is 4. The first-order chi connectivity index (χ1) is 15.4. The van der Waals surface area contributed by atoms with Crippen LogP contribution in [-0.4, -0.2) is 70.8 Å². The lowest BCUT2D eigenvalue weighted by molar-refractivity contribution is -0.277. The highest BCUT2D eigenvalue weighted by Crippen LogP contribution is 2.32. The van der Waals surface area contributed by atoms with E-state index < -0.39 is 37.3 Å². The van der Waals surface area contributed by atoms with E-state index in [-0.39, 0.29) is 11.7 Å². The molecule has 32 heavy (non-hydrogen) atoms. The number of methoxy groups -OCH3 is 1. The number of aliphatic hydroxyl groups is 4. The van der Waals surface area contributed by atoms with E-state index in [1.165, 1.54) is 26.4 Å². The second kappa shape index (κ2) is 13.6. The number of rotatable bonds is 13. The van der Waals surface area contributed by atoms with Crippen LogP contribution in [0.2, 0.25) is 0 Å². The molecule has 1 amide bonds. The van der Waals surface area contributed by atoms with Crippen molar-refractivity contribution in [1.82, 2.24) is 5.32 Å². The fourth-order valence-electron chi connectivity index (χ4n) is 3.56. The Bertz CT molecular complexity index is 699. The fourth-order valence-corrected chi connectivity index (χ4v) is 3.56. The molecule has 1 aliphatic rings. The zero-order valence-corrected chi connectivity index (χ0v) is 18.9. The maximum Gasteiger partial charge on any atom is 0.229 e. The van der Waals surface area contributed by atoms with Crippen molar-refractivity contribution in [2.75, 3.05) is 13.7 Å². The van der Waals surface area contributed by atoms with Crippen molar-refractivity contribution in [2.45, 2.75) is 89.1 Å². The second-order valence-electron chi connectivity index (χ2n) is 8.09. The van der Waals surface area contributed by atoms with Gasteiger partial charge in [-0.05, 0) is 24.1 Å². The van der Waals surface area contributed by atoms with E-state index in [4.69, 9.17) is 14.2 Å². The molecule has 2 rings (SSSR count). The van der Waals surface area contributed by atoms with E-state index in [9.17, 15) is 25.2 Å². The van der Waals surface area contributed by atoms with Crippen molar-refractivity contribution < 1.29 is 39.4 Å². The molecular weight excluding hydrogens is 418 g/mol. The molecule has 1 aliphatic heterocycles. The van der Waals surface area contributed by atoms with Crippen LogP contribution in [0.3, 0.4) is 0 Å². The van der Waals surface area contributed by atoms with Gasteiger partial charge in [-0.3, -0.25) is 4.79 Å². The summed E-state index contributed by atoms with van der Waals surface area (Å²) in [6.45, 7) is 1.97. The number of amides is 1. The van der Waals surface area contributed by atoms with E-state index in [2.05, 4.69) is 12.2 Å². The molecule has 1 aromatic rings. The Balaban J connectivity index is 1.87. The van der Waals surface area contributed by atoms with Crippen LogP contribution in [0.15, 0.2) is 18.2 Å². The molecule has 1 fully saturated rings. The molecule has 1 aromatic carbocycles. The molecular formula is C23H37NO8. The number of hydrogen-bond donors (Lipinski definition) is 5. The van der Waals surface area contributed by atoms with E-state index in [1.54, 1.807) is 18.2 Å². The van der Waals surface area contributed by atoms with Gasteiger partial charge in [0.1, 0.15) is 24.4 Å². The van der Waals surface area contributed by atoms with Crippen LogP contribution in [0.4, 0.5) is 0 Å². The predicted molar refractivity (Wildman–Crippen MR) is 117 cm³/mol. The average molecular weight is 456 g/mol. The maximum absolute atomic E-state index is 12.1. The number of benzene rings is 1. The van der Waals surface area contributed by atoms with E-state index in [0.717, 1.165) is 24.8 Å². The Labute approximate surface area is 189 Å². The molecule has 5 N–H and O–H groups in total. The highest BCUT2D eigenvalue weighted by atomic mass is 16.7. The molecule has 0 bridgehead atoms. The smallest absolute Gasteiger partial charge is 0.229 e. The average Bonchev–Trinajstić information content (AvgIpc) is 2.80. The number of carbonyl (C=O) groups excluding carboxylic acids is 1. The summed E-state index contributed by atoms with van der Waals surface area (Å²) in [5.74, 6) is 0.602. The van der Waals surface area contributed by atoms with Crippen molar-refractivity contribution in [3.05, 3.63) is 23.8 Å². The molecule has 1 saturated heterocycles. The molecule has 5 atom stereocenters. The minimum Gasteiger partial charge on any atom is -0.493 e. The fraction of sp³-hybridized carbons (Fsp3) is 0.696. The summed E-state index contributed by atoms with van der Waals surface area (Å²) < 4.78 is 16.4. The summed E-state index contributed by atoms with van der Waals surface area (Å²) in [5, 5.41) is 42.1. The van der Waals surface area contributed by atoms with Crippen LogP contribution >= 0.6 is 0 Å². The first kappa shape index (κ1) is 26.3. The van der Waals surface area contributed by atoms with Gasteiger partial charge in [0.2, 0.25) is 12.2 Å². The minimum atomic E-state index is -1.53. The lowest BCUT2D eigenvalue weighted by Crippen LogP contribution is -2.60. The van der Waals surface area contributed by atoms with Gasteiger partial charge in [-0.2, -0.15) is 0 Å². The molecule has 9 nitrogen and oxygen atoms in total. The largest absolute Gasteiger partial charge is 0.493 e. The van der Waals surface area contributed by atoms with Crippen molar-refractivity contribution in [3.8, 4) is 11.5 Å². The summed E-state index contributed by atoms with van der Waals surface area (Å²) >= 11 is 0. The van der Waals surface area contributed by atoms with E-state index in [1.807, 2.05) is 0 Å². The Morgan fingerprint density at radius 3 is 2.44 bits per heavy atom. The maximum atomic E-state index is 12.1. The summed E-state index contributed by atoms with van der Waals surface area (Å²) in [6.07, 6.45) is 0.394. The van der Waals surface area contributed by atoms with Crippen LogP contribution < -0.4 is 14.8 Å². The minimum absolute atomic E-state index is 0.00102. The Morgan fingerprint density at radius 2 is 1.75 bits per heavy atom. The lowest BCUT2D eigenvalue weighted by Gasteiger charge is -2.39. The number of hydrogen-bond acceptors (Lipinski definition) is 8.